The summed E-state index contributed by atoms with van der Waals surface area (Å²) in [6.45, 7) is 3.91. The minimum Gasteiger partial charge on any atom is -0.466 e. The Morgan fingerprint density at radius 1 is 1.24 bits per heavy atom. The third kappa shape index (κ3) is 4.26. The van der Waals surface area contributed by atoms with E-state index >= 15 is 0 Å². The molecule has 3 aromatic rings. The van der Waals surface area contributed by atoms with Crippen LogP contribution in [-0.4, -0.2) is 41.0 Å². The molecule has 1 amide bonds. The molecule has 1 fully saturated rings. The summed E-state index contributed by atoms with van der Waals surface area (Å²) in [6.07, 6.45) is 1.59. The number of rotatable bonds is 5. The number of nitrogens with zero attached hydrogens (tertiary/aromatic N) is 2. The van der Waals surface area contributed by atoms with Gasteiger partial charge in [0.05, 0.1) is 22.7 Å². The van der Waals surface area contributed by atoms with E-state index < -0.39 is 0 Å². The number of halogens is 1. The summed E-state index contributed by atoms with van der Waals surface area (Å²) < 4.78 is 9.40. The third-order valence-electron chi connectivity index (χ3n) is 5.32. The van der Waals surface area contributed by atoms with Gasteiger partial charge in [-0.25, -0.2) is 0 Å². The first-order valence-corrected chi connectivity index (χ1v) is 11.5. The summed E-state index contributed by atoms with van der Waals surface area (Å²) in [5.41, 5.74) is 2.88. The molecule has 0 bridgehead atoms. The van der Waals surface area contributed by atoms with Gasteiger partial charge < -0.3 is 14.2 Å². The van der Waals surface area contributed by atoms with E-state index in [4.69, 9.17) is 4.74 Å². The summed E-state index contributed by atoms with van der Waals surface area (Å²) in [5, 5.41) is 2.05. The van der Waals surface area contributed by atoms with E-state index in [1.54, 1.807) is 11.3 Å². The second kappa shape index (κ2) is 8.71. The molecule has 1 aliphatic heterocycles. The van der Waals surface area contributed by atoms with Crippen molar-refractivity contribution < 1.29 is 14.3 Å². The van der Waals surface area contributed by atoms with Gasteiger partial charge in [-0.2, -0.15) is 0 Å². The Bertz CT molecular complexity index is 1020. The molecule has 152 valence electrons. The lowest BCUT2D eigenvalue weighted by Crippen LogP contribution is -2.43. The molecule has 3 heterocycles. The number of carbonyl (C=O) groups is 2. The fraction of sp³-hybridized carbons (Fsp3) is 0.364. The molecule has 0 radical (unpaired) electrons. The molecule has 0 aliphatic carbocycles. The zero-order chi connectivity index (χ0) is 20.4. The van der Waals surface area contributed by atoms with Gasteiger partial charge in [0.15, 0.2) is 0 Å². The monoisotopic (exact) mass is 474 g/mol. The zero-order valence-corrected chi connectivity index (χ0v) is 18.7. The van der Waals surface area contributed by atoms with Crippen molar-refractivity contribution in [2.45, 2.75) is 26.3 Å². The molecular formula is C22H23BrN2O3S. The molecule has 29 heavy (non-hydrogen) atoms. The molecule has 1 aromatic carbocycles. The van der Waals surface area contributed by atoms with Gasteiger partial charge in [0.1, 0.15) is 5.69 Å². The number of ether oxygens (including phenoxy) is 1. The van der Waals surface area contributed by atoms with E-state index in [1.165, 1.54) is 0 Å². The summed E-state index contributed by atoms with van der Waals surface area (Å²) >= 11 is 5.11. The van der Waals surface area contributed by atoms with Crippen LogP contribution < -0.4 is 0 Å². The average Bonchev–Trinajstić information content (AvgIpc) is 3.32. The van der Waals surface area contributed by atoms with Crippen molar-refractivity contribution >= 4 is 49.4 Å². The average molecular weight is 475 g/mol. The molecule has 0 saturated carbocycles. The lowest BCUT2D eigenvalue weighted by atomic mass is 9.98. The number of hydrogen-bond donors (Lipinski definition) is 0. The number of likely N-dealkylation sites (tertiary alicyclic amines) is 1. The van der Waals surface area contributed by atoms with Crippen molar-refractivity contribution in [1.82, 2.24) is 9.47 Å². The number of hydrogen-bond acceptors (Lipinski definition) is 4. The van der Waals surface area contributed by atoms with E-state index in [1.807, 2.05) is 30.0 Å². The van der Waals surface area contributed by atoms with E-state index in [2.05, 4.69) is 44.1 Å². The highest BCUT2D eigenvalue weighted by atomic mass is 79.9. The number of aromatic nitrogens is 1. The summed E-state index contributed by atoms with van der Waals surface area (Å²) in [6, 6.07) is 12.2. The number of fused-ring (bicyclic) bond motifs is 1. The van der Waals surface area contributed by atoms with Crippen LogP contribution in [0.15, 0.2) is 46.3 Å². The van der Waals surface area contributed by atoms with Crippen LogP contribution in [0.25, 0.3) is 10.2 Å². The molecule has 1 aliphatic rings. The molecule has 4 rings (SSSR count). The summed E-state index contributed by atoms with van der Waals surface area (Å²) in [7, 11) is 0. The van der Waals surface area contributed by atoms with Gasteiger partial charge in [-0.05, 0) is 55.0 Å². The predicted molar refractivity (Wildman–Crippen MR) is 118 cm³/mol. The van der Waals surface area contributed by atoms with Gasteiger partial charge in [0.25, 0.3) is 5.91 Å². The fourth-order valence-electron chi connectivity index (χ4n) is 3.87. The number of carbonyl (C=O) groups excluding carboxylic acids is 2. The Morgan fingerprint density at radius 3 is 2.79 bits per heavy atom. The maximum absolute atomic E-state index is 13.4. The lowest BCUT2D eigenvalue weighted by molar-refractivity contribution is -0.149. The molecule has 0 N–H and O–H groups in total. The highest BCUT2D eigenvalue weighted by molar-refractivity contribution is 9.10. The van der Waals surface area contributed by atoms with Crippen LogP contribution in [0.1, 0.15) is 35.8 Å². The van der Waals surface area contributed by atoms with Gasteiger partial charge in [0.2, 0.25) is 0 Å². The van der Waals surface area contributed by atoms with Crippen molar-refractivity contribution in [3.05, 3.63) is 57.5 Å². The first-order valence-electron chi connectivity index (χ1n) is 9.84. The Morgan fingerprint density at radius 2 is 2.03 bits per heavy atom. The van der Waals surface area contributed by atoms with Crippen LogP contribution >= 0.6 is 27.3 Å². The number of piperidine rings is 1. The largest absolute Gasteiger partial charge is 0.466 e. The number of thiophene rings is 1. The van der Waals surface area contributed by atoms with Crippen molar-refractivity contribution in [2.24, 2.45) is 5.92 Å². The van der Waals surface area contributed by atoms with E-state index in [9.17, 15) is 9.59 Å². The number of benzene rings is 1. The number of amides is 1. The fourth-order valence-corrected chi connectivity index (χ4v) is 4.96. The van der Waals surface area contributed by atoms with Crippen LogP contribution in [-0.2, 0) is 16.1 Å². The van der Waals surface area contributed by atoms with Gasteiger partial charge in [0, 0.05) is 24.1 Å². The first-order chi connectivity index (χ1) is 14.1. The highest BCUT2D eigenvalue weighted by Crippen LogP contribution is 2.28. The van der Waals surface area contributed by atoms with Gasteiger partial charge >= 0.3 is 5.97 Å². The second-order valence-electron chi connectivity index (χ2n) is 7.25. The van der Waals surface area contributed by atoms with Crippen LogP contribution in [0.5, 0.6) is 0 Å². The molecular weight excluding hydrogens is 452 g/mol. The molecule has 7 heteroatoms. The minimum absolute atomic E-state index is 0.0143. The van der Waals surface area contributed by atoms with Crippen molar-refractivity contribution in [3.8, 4) is 0 Å². The Hall–Kier alpha value is -2.12. The van der Waals surface area contributed by atoms with Crippen LogP contribution in [0, 0.1) is 5.92 Å². The minimum atomic E-state index is -0.233. The quantitative estimate of drug-likeness (QED) is 0.492. The Kier molecular flexibility index (Phi) is 6.06. The highest BCUT2D eigenvalue weighted by Gasteiger charge is 2.31. The van der Waals surface area contributed by atoms with E-state index in [0.717, 1.165) is 33.1 Å². The molecule has 1 atom stereocenters. The SMILES string of the molecule is CCOC(=O)C1CCCN(C(=O)c2cc3sccc3n2Cc2ccc(Br)cc2)C1. The molecule has 1 saturated heterocycles. The summed E-state index contributed by atoms with van der Waals surface area (Å²) in [4.78, 5) is 27.4. The van der Waals surface area contributed by atoms with Gasteiger partial charge in [-0.1, -0.05) is 28.1 Å². The van der Waals surface area contributed by atoms with Crippen molar-refractivity contribution in [1.29, 1.82) is 0 Å². The molecule has 5 nitrogen and oxygen atoms in total. The maximum atomic E-state index is 13.4. The smallest absolute Gasteiger partial charge is 0.310 e. The predicted octanol–water partition coefficient (Wildman–Crippen LogP) is 4.93. The van der Waals surface area contributed by atoms with Crippen LogP contribution in [0.3, 0.4) is 0 Å². The standard InChI is InChI=1S/C22H23BrN2O3S/c1-2-28-22(27)16-4-3-10-24(14-16)21(26)19-12-20-18(9-11-29-20)25(19)13-15-5-7-17(23)8-6-15/h5-9,11-12,16H,2-4,10,13-14H2,1H3. The van der Waals surface area contributed by atoms with E-state index in [0.29, 0.717) is 31.9 Å². The molecule has 2 aromatic heterocycles. The topological polar surface area (TPSA) is 51.5 Å². The Labute approximate surface area is 182 Å². The number of esters is 1. The van der Waals surface area contributed by atoms with Crippen LogP contribution in [0.4, 0.5) is 0 Å². The normalized spacial score (nSPS) is 16.9. The first kappa shape index (κ1) is 20.2. The molecule has 0 spiro atoms. The third-order valence-corrected chi connectivity index (χ3v) is 6.71. The van der Waals surface area contributed by atoms with Crippen LogP contribution in [0.2, 0.25) is 0 Å². The van der Waals surface area contributed by atoms with Gasteiger partial charge in [-0.15, -0.1) is 11.3 Å². The van der Waals surface area contributed by atoms with Crippen molar-refractivity contribution in [3.63, 3.8) is 0 Å². The second-order valence-corrected chi connectivity index (χ2v) is 9.12. The molecule has 1 unspecified atom stereocenters. The van der Waals surface area contributed by atoms with E-state index in [-0.39, 0.29) is 17.8 Å². The lowest BCUT2D eigenvalue weighted by Gasteiger charge is -2.31. The zero-order valence-electron chi connectivity index (χ0n) is 16.3. The summed E-state index contributed by atoms with van der Waals surface area (Å²) in [5.74, 6) is -0.445. The van der Waals surface area contributed by atoms with Crippen molar-refractivity contribution in [2.75, 3.05) is 19.7 Å². The maximum Gasteiger partial charge on any atom is 0.310 e. The Balaban J connectivity index is 1.61. The van der Waals surface area contributed by atoms with Gasteiger partial charge in [-0.3, -0.25) is 9.59 Å².